The first kappa shape index (κ1) is 32.5. The molecule has 0 aliphatic heterocycles. The molecule has 0 spiro atoms. The van der Waals surface area contributed by atoms with Gasteiger partial charge in [-0.25, -0.2) is 4.79 Å². The van der Waals surface area contributed by atoms with Crippen LogP contribution in [-0.4, -0.2) is 51.5 Å². The van der Waals surface area contributed by atoms with Crippen LogP contribution in [0.4, 0.5) is 0 Å². The normalized spacial score (nSPS) is 15.6. The Bertz CT molecular complexity index is 773. The van der Waals surface area contributed by atoms with Crippen molar-refractivity contribution in [2.45, 2.75) is 95.8 Å². The molecule has 192 valence electrons. The summed E-state index contributed by atoms with van der Waals surface area (Å²) >= 11 is 12.5. The lowest BCUT2D eigenvalue weighted by atomic mass is 9.99. The Hall–Kier alpha value is -1.47. The number of nitriles is 2. The molecule has 34 heavy (non-hydrogen) atoms. The van der Waals surface area contributed by atoms with Gasteiger partial charge >= 0.3 is 11.9 Å². The molecule has 0 aromatic carbocycles. The van der Waals surface area contributed by atoms with Crippen LogP contribution < -0.4 is 0 Å². The molecule has 0 bridgehead atoms. The highest BCUT2D eigenvalue weighted by molar-refractivity contribution is 7.19. The molecule has 0 aliphatic carbocycles. The standard InChI is InChI=1S/C22H38Cl2N4O4Si2/c1-18(16-25)15-19(21(30)32-12-8-14-34(5,6)24)27-28-22(2,17-26)10-9-20(29)31-11-7-13-33(3,4)23/h18-19H,7-15H2,1-6H3. The third-order valence-corrected chi connectivity index (χ3v) is 9.10. The summed E-state index contributed by atoms with van der Waals surface area (Å²) in [7, 11) is -3.45. The molecule has 0 heterocycles. The van der Waals surface area contributed by atoms with Crippen LogP contribution in [-0.2, 0) is 19.1 Å². The Morgan fingerprint density at radius 3 is 2.03 bits per heavy atom. The second-order valence-electron chi connectivity index (χ2n) is 9.92. The van der Waals surface area contributed by atoms with Gasteiger partial charge in [-0.15, -0.1) is 0 Å². The number of rotatable bonds is 16. The fourth-order valence-corrected chi connectivity index (χ4v) is 5.53. The van der Waals surface area contributed by atoms with Crippen molar-refractivity contribution in [1.82, 2.24) is 0 Å². The van der Waals surface area contributed by atoms with Crippen LogP contribution in [0.2, 0.25) is 38.3 Å². The van der Waals surface area contributed by atoms with Crippen molar-refractivity contribution >= 4 is 48.9 Å². The molecule has 0 aromatic rings. The second kappa shape index (κ2) is 15.5. The first-order valence-electron chi connectivity index (χ1n) is 11.5. The largest absolute Gasteiger partial charge is 0.466 e. The summed E-state index contributed by atoms with van der Waals surface area (Å²) in [4.78, 5) is 24.6. The van der Waals surface area contributed by atoms with Crippen LogP contribution >= 0.6 is 22.2 Å². The Morgan fingerprint density at radius 1 is 1.03 bits per heavy atom. The van der Waals surface area contributed by atoms with Gasteiger partial charge in [0.1, 0.15) is 0 Å². The van der Waals surface area contributed by atoms with Gasteiger partial charge in [-0.05, 0) is 51.6 Å². The van der Waals surface area contributed by atoms with E-state index in [4.69, 9.17) is 36.9 Å². The highest BCUT2D eigenvalue weighted by atomic mass is 35.6. The molecule has 0 fully saturated rings. The minimum atomic E-state index is -1.75. The highest BCUT2D eigenvalue weighted by Crippen LogP contribution is 2.21. The molecule has 0 saturated carbocycles. The summed E-state index contributed by atoms with van der Waals surface area (Å²) < 4.78 is 10.5. The van der Waals surface area contributed by atoms with E-state index in [1.807, 2.05) is 32.3 Å². The SMILES string of the molecule is CC(C#N)CC(N=NC(C)(C#N)CCC(=O)OCCC[Si](C)(C)Cl)C(=O)OCCC[Si](C)(C)Cl. The zero-order valence-electron chi connectivity index (χ0n) is 21.2. The maximum Gasteiger partial charge on any atom is 0.332 e. The van der Waals surface area contributed by atoms with Crippen molar-refractivity contribution in [2.75, 3.05) is 13.2 Å². The van der Waals surface area contributed by atoms with Gasteiger partial charge in [0.05, 0.1) is 25.4 Å². The summed E-state index contributed by atoms with van der Waals surface area (Å²) in [6.07, 6.45) is 1.56. The van der Waals surface area contributed by atoms with Gasteiger partial charge in [-0.1, -0.05) is 26.2 Å². The van der Waals surface area contributed by atoms with Crippen LogP contribution in [0.1, 0.15) is 46.0 Å². The van der Waals surface area contributed by atoms with E-state index in [1.165, 1.54) is 6.92 Å². The average Bonchev–Trinajstić information content (AvgIpc) is 2.74. The van der Waals surface area contributed by atoms with Crippen molar-refractivity contribution in [1.29, 1.82) is 10.5 Å². The van der Waals surface area contributed by atoms with Gasteiger partial charge in [-0.3, -0.25) is 4.79 Å². The average molecular weight is 550 g/mol. The molecule has 3 unspecified atom stereocenters. The smallest absolute Gasteiger partial charge is 0.332 e. The molecule has 8 nitrogen and oxygen atoms in total. The topological polar surface area (TPSA) is 125 Å². The lowest BCUT2D eigenvalue weighted by Gasteiger charge is -2.18. The fraction of sp³-hybridized carbons (Fsp3) is 0.818. The summed E-state index contributed by atoms with van der Waals surface area (Å²) in [5.74, 6) is -1.47. The molecular weight excluding hydrogens is 511 g/mol. The van der Waals surface area contributed by atoms with Crippen molar-refractivity contribution in [2.24, 2.45) is 16.1 Å². The van der Waals surface area contributed by atoms with E-state index in [-0.39, 0.29) is 32.5 Å². The summed E-state index contributed by atoms with van der Waals surface area (Å²) in [5.41, 5.74) is -1.31. The minimum Gasteiger partial charge on any atom is -0.466 e. The molecule has 0 aliphatic rings. The van der Waals surface area contributed by atoms with E-state index in [1.54, 1.807) is 6.92 Å². The van der Waals surface area contributed by atoms with Crippen LogP contribution in [0.3, 0.4) is 0 Å². The fourth-order valence-electron chi connectivity index (χ4n) is 2.76. The molecule has 0 N–H and O–H groups in total. The van der Waals surface area contributed by atoms with Crippen LogP contribution in [0.15, 0.2) is 10.2 Å². The van der Waals surface area contributed by atoms with Crippen LogP contribution in [0.25, 0.3) is 0 Å². The first-order chi connectivity index (χ1) is 15.6. The predicted molar refractivity (Wildman–Crippen MR) is 139 cm³/mol. The van der Waals surface area contributed by atoms with Gasteiger partial charge in [0.2, 0.25) is 0 Å². The Labute approximate surface area is 215 Å². The van der Waals surface area contributed by atoms with E-state index < -0.39 is 44.2 Å². The number of carbonyl (C=O) groups is 2. The Morgan fingerprint density at radius 2 is 1.56 bits per heavy atom. The van der Waals surface area contributed by atoms with Gasteiger partial charge in [0.15, 0.2) is 26.3 Å². The lowest BCUT2D eigenvalue weighted by Crippen LogP contribution is -2.27. The van der Waals surface area contributed by atoms with Gasteiger partial charge in [-0.2, -0.15) is 42.9 Å². The summed E-state index contributed by atoms with van der Waals surface area (Å²) in [5, 5.41) is 26.8. The first-order valence-corrected chi connectivity index (χ1v) is 20.0. The Balaban J connectivity index is 4.93. The third-order valence-electron chi connectivity index (χ3n) is 4.88. The number of carbonyl (C=O) groups excluding carboxylic acids is 2. The molecule has 0 aromatic heterocycles. The van der Waals surface area contributed by atoms with E-state index in [0.29, 0.717) is 12.8 Å². The third kappa shape index (κ3) is 17.0. The van der Waals surface area contributed by atoms with E-state index in [9.17, 15) is 14.9 Å². The van der Waals surface area contributed by atoms with Crippen molar-refractivity contribution in [3.05, 3.63) is 0 Å². The Kier molecular flexibility index (Phi) is 14.8. The van der Waals surface area contributed by atoms with Crippen LogP contribution in [0.5, 0.6) is 0 Å². The van der Waals surface area contributed by atoms with E-state index in [0.717, 1.165) is 12.1 Å². The summed E-state index contributed by atoms with van der Waals surface area (Å²) in [6.45, 7) is 11.8. The summed E-state index contributed by atoms with van der Waals surface area (Å²) in [6, 6.07) is 4.76. The maximum atomic E-state index is 12.5. The van der Waals surface area contributed by atoms with Gasteiger partial charge in [0, 0.05) is 12.3 Å². The zero-order chi connectivity index (χ0) is 26.4. The van der Waals surface area contributed by atoms with Gasteiger partial charge in [0.25, 0.3) is 0 Å². The molecule has 0 radical (unpaired) electrons. The van der Waals surface area contributed by atoms with Crippen molar-refractivity contribution < 1.29 is 19.1 Å². The number of hydrogen-bond acceptors (Lipinski definition) is 8. The predicted octanol–water partition coefficient (Wildman–Crippen LogP) is 6.17. The monoisotopic (exact) mass is 548 g/mol. The molecular formula is C22H38Cl2N4O4Si2. The molecule has 3 atom stereocenters. The number of ether oxygens (including phenoxy) is 2. The number of hydrogen-bond donors (Lipinski definition) is 0. The number of azo groups is 1. The van der Waals surface area contributed by atoms with Gasteiger partial charge < -0.3 is 9.47 Å². The van der Waals surface area contributed by atoms with Crippen molar-refractivity contribution in [3.63, 3.8) is 0 Å². The molecule has 12 heteroatoms. The minimum absolute atomic E-state index is 0.00735. The highest BCUT2D eigenvalue weighted by Gasteiger charge is 2.28. The zero-order valence-corrected chi connectivity index (χ0v) is 24.7. The second-order valence-corrected chi connectivity index (χ2v) is 23.9. The number of nitrogens with zero attached hydrogens (tertiary/aromatic N) is 4. The lowest BCUT2D eigenvalue weighted by molar-refractivity contribution is -0.146. The molecule has 0 rings (SSSR count). The van der Waals surface area contributed by atoms with Crippen molar-refractivity contribution in [3.8, 4) is 12.1 Å². The maximum absolute atomic E-state index is 12.5. The number of esters is 2. The van der Waals surface area contributed by atoms with E-state index in [2.05, 4.69) is 16.3 Å². The van der Waals surface area contributed by atoms with Crippen LogP contribution in [0, 0.1) is 28.6 Å². The molecule has 0 saturated heterocycles. The number of halogens is 2. The quantitative estimate of drug-likeness (QED) is 0.0745. The van der Waals surface area contributed by atoms with E-state index >= 15 is 0 Å². The molecule has 0 amide bonds.